The van der Waals surface area contributed by atoms with Gasteiger partial charge in [-0.2, -0.15) is 5.26 Å². The van der Waals surface area contributed by atoms with Crippen molar-refractivity contribution < 1.29 is 4.92 Å². The van der Waals surface area contributed by atoms with Crippen LogP contribution in [-0.4, -0.2) is 4.92 Å². The summed E-state index contributed by atoms with van der Waals surface area (Å²) in [5, 5.41) is 18.9. The molecule has 0 radical (unpaired) electrons. The van der Waals surface area contributed by atoms with Crippen LogP contribution >= 0.6 is 11.6 Å². The third kappa shape index (κ3) is 2.37. The van der Waals surface area contributed by atoms with Crippen LogP contribution in [0.25, 0.3) is 0 Å². The van der Waals surface area contributed by atoms with Crippen LogP contribution in [0.2, 0.25) is 5.02 Å². The second kappa shape index (κ2) is 4.32. The fourth-order valence-electron chi connectivity index (χ4n) is 0.953. The summed E-state index contributed by atoms with van der Waals surface area (Å²) in [6.07, 6.45) is 0. The highest BCUT2D eigenvalue weighted by Gasteiger charge is 2.15. The van der Waals surface area contributed by atoms with Crippen molar-refractivity contribution >= 4 is 23.0 Å². The van der Waals surface area contributed by atoms with Crippen molar-refractivity contribution in [1.82, 2.24) is 0 Å². The van der Waals surface area contributed by atoms with Gasteiger partial charge in [0.25, 0.3) is 5.69 Å². The molecule has 0 unspecified atom stereocenters. The second-order valence-corrected chi connectivity index (χ2v) is 2.94. The Morgan fingerprint density at radius 3 is 2.73 bits per heavy atom. The molecular formula is C9H4ClN3O2. The highest BCUT2D eigenvalue weighted by molar-refractivity contribution is 6.31. The molecule has 74 valence electrons. The van der Waals surface area contributed by atoms with E-state index in [1.54, 1.807) is 6.07 Å². The number of nitrogen functional groups attached to an aromatic ring is 1. The summed E-state index contributed by atoms with van der Waals surface area (Å²) in [5.74, 6) is 4.47. The molecule has 15 heavy (non-hydrogen) atoms. The summed E-state index contributed by atoms with van der Waals surface area (Å²) in [4.78, 5) is 9.90. The third-order valence-electron chi connectivity index (χ3n) is 1.57. The molecule has 1 aromatic carbocycles. The molecule has 0 bridgehead atoms. The quantitative estimate of drug-likeness (QED) is 0.338. The summed E-state index contributed by atoms with van der Waals surface area (Å²) in [7, 11) is 0. The molecule has 0 atom stereocenters. The van der Waals surface area contributed by atoms with E-state index in [1.165, 1.54) is 6.07 Å². The summed E-state index contributed by atoms with van der Waals surface area (Å²) in [6.45, 7) is 0. The number of anilines is 1. The molecule has 0 amide bonds. The maximum absolute atomic E-state index is 10.6. The van der Waals surface area contributed by atoms with Crippen molar-refractivity contribution in [2.24, 2.45) is 0 Å². The van der Waals surface area contributed by atoms with Gasteiger partial charge in [0.2, 0.25) is 0 Å². The van der Waals surface area contributed by atoms with Crippen LogP contribution in [0.1, 0.15) is 5.56 Å². The minimum atomic E-state index is -0.654. The normalized spacial score (nSPS) is 8.53. The first-order valence-electron chi connectivity index (χ1n) is 3.69. The first-order chi connectivity index (χ1) is 7.06. The number of nitriles is 1. The Kier molecular flexibility index (Phi) is 3.12. The molecule has 0 heterocycles. The van der Waals surface area contributed by atoms with E-state index in [2.05, 4.69) is 11.8 Å². The Hall–Kier alpha value is -2.24. The van der Waals surface area contributed by atoms with Crippen LogP contribution in [0, 0.1) is 33.3 Å². The van der Waals surface area contributed by atoms with Crippen LogP contribution in [-0.2, 0) is 0 Å². The zero-order valence-electron chi connectivity index (χ0n) is 7.32. The van der Waals surface area contributed by atoms with Crippen molar-refractivity contribution in [2.45, 2.75) is 0 Å². The van der Waals surface area contributed by atoms with Gasteiger partial charge in [-0.25, -0.2) is 0 Å². The Labute approximate surface area is 90.2 Å². The zero-order chi connectivity index (χ0) is 11.4. The minimum Gasteiger partial charge on any atom is -0.392 e. The van der Waals surface area contributed by atoms with E-state index in [1.807, 2.05) is 0 Å². The van der Waals surface area contributed by atoms with Crippen molar-refractivity contribution in [3.05, 3.63) is 32.8 Å². The Bertz CT molecular complexity index is 523. The van der Waals surface area contributed by atoms with Gasteiger partial charge in [0, 0.05) is 17.0 Å². The summed E-state index contributed by atoms with van der Waals surface area (Å²) >= 11 is 5.63. The number of benzene rings is 1. The first kappa shape index (κ1) is 10.8. The molecule has 1 aromatic rings. The van der Waals surface area contributed by atoms with Gasteiger partial charge in [-0.15, -0.1) is 0 Å². The monoisotopic (exact) mass is 221 g/mol. The lowest BCUT2D eigenvalue weighted by molar-refractivity contribution is -0.383. The molecule has 6 heteroatoms. The van der Waals surface area contributed by atoms with Crippen molar-refractivity contribution in [1.29, 1.82) is 5.26 Å². The molecule has 0 spiro atoms. The van der Waals surface area contributed by atoms with Gasteiger partial charge in [0.15, 0.2) is 6.07 Å². The van der Waals surface area contributed by atoms with E-state index in [0.717, 1.165) is 6.07 Å². The van der Waals surface area contributed by atoms with E-state index < -0.39 is 4.92 Å². The number of nitro groups is 1. The summed E-state index contributed by atoms with van der Waals surface area (Å²) < 4.78 is 0. The average molecular weight is 222 g/mol. The van der Waals surface area contributed by atoms with Crippen LogP contribution < -0.4 is 5.73 Å². The number of nitrogens with zero attached hydrogens (tertiary/aromatic N) is 2. The van der Waals surface area contributed by atoms with Crippen molar-refractivity contribution in [2.75, 3.05) is 5.73 Å². The lowest BCUT2D eigenvalue weighted by Gasteiger charge is -2.00. The third-order valence-corrected chi connectivity index (χ3v) is 1.79. The molecule has 0 aliphatic heterocycles. The fourth-order valence-corrected chi connectivity index (χ4v) is 1.17. The lowest BCUT2D eigenvalue weighted by Crippen LogP contribution is -1.98. The van der Waals surface area contributed by atoms with Gasteiger partial charge in [0.05, 0.1) is 10.5 Å². The molecule has 5 nitrogen and oxygen atoms in total. The van der Waals surface area contributed by atoms with Gasteiger partial charge < -0.3 is 5.73 Å². The number of hydrogen-bond donors (Lipinski definition) is 1. The Morgan fingerprint density at radius 2 is 2.20 bits per heavy atom. The Balaban J connectivity index is 3.42. The van der Waals surface area contributed by atoms with Crippen LogP contribution in [0.4, 0.5) is 11.4 Å². The van der Waals surface area contributed by atoms with Gasteiger partial charge in [-0.05, 0) is 12.0 Å². The second-order valence-electron chi connectivity index (χ2n) is 2.51. The molecule has 2 N–H and O–H groups in total. The van der Waals surface area contributed by atoms with E-state index in [4.69, 9.17) is 22.6 Å². The SMILES string of the molecule is N#CC#Cc1cc(Cl)cc([N+](=O)[O-])c1N. The van der Waals surface area contributed by atoms with Crippen molar-refractivity contribution in [3.63, 3.8) is 0 Å². The molecule has 0 saturated carbocycles. The number of halogens is 1. The van der Waals surface area contributed by atoms with E-state index in [9.17, 15) is 10.1 Å². The molecular weight excluding hydrogens is 218 g/mol. The van der Waals surface area contributed by atoms with Gasteiger partial charge in [-0.3, -0.25) is 10.1 Å². The summed E-state index contributed by atoms with van der Waals surface area (Å²) in [5.41, 5.74) is 5.25. The van der Waals surface area contributed by atoms with Gasteiger partial charge in [-0.1, -0.05) is 11.6 Å². The topological polar surface area (TPSA) is 92.9 Å². The van der Waals surface area contributed by atoms with Crippen LogP contribution in [0.3, 0.4) is 0 Å². The van der Waals surface area contributed by atoms with Gasteiger partial charge >= 0.3 is 0 Å². The largest absolute Gasteiger partial charge is 0.392 e. The fraction of sp³-hybridized carbons (Fsp3) is 0. The standard InChI is InChI=1S/C9H4ClN3O2/c10-7-4-6(2-1-3-11)9(12)8(5-7)13(14)15/h4-5H,12H2. The van der Waals surface area contributed by atoms with Crippen molar-refractivity contribution in [3.8, 4) is 17.9 Å². The molecule has 0 saturated heterocycles. The van der Waals surface area contributed by atoms with E-state index in [0.29, 0.717) is 0 Å². The smallest absolute Gasteiger partial charge is 0.294 e. The predicted octanol–water partition coefficient (Wildman–Crippen LogP) is 1.71. The zero-order valence-corrected chi connectivity index (χ0v) is 8.08. The minimum absolute atomic E-state index is 0.0906. The number of rotatable bonds is 1. The Morgan fingerprint density at radius 1 is 1.53 bits per heavy atom. The maximum Gasteiger partial charge on any atom is 0.294 e. The first-order valence-corrected chi connectivity index (χ1v) is 4.07. The van der Waals surface area contributed by atoms with Crippen LogP contribution in [0.15, 0.2) is 12.1 Å². The molecule has 1 rings (SSSR count). The van der Waals surface area contributed by atoms with Crippen LogP contribution in [0.5, 0.6) is 0 Å². The van der Waals surface area contributed by atoms with Gasteiger partial charge in [0.1, 0.15) is 5.69 Å². The van der Waals surface area contributed by atoms with E-state index in [-0.39, 0.29) is 22.0 Å². The molecule has 0 fully saturated rings. The molecule has 0 aliphatic carbocycles. The highest BCUT2D eigenvalue weighted by atomic mass is 35.5. The number of nitro benzene ring substituents is 1. The molecule has 0 aliphatic rings. The average Bonchev–Trinajstić information content (AvgIpc) is 2.18. The van der Waals surface area contributed by atoms with E-state index >= 15 is 0 Å². The maximum atomic E-state index is 10.6. The lowest BCUT2D eigenvalue weighted by atomic mass is 10.1. The number of nitrogens with two attached hydrogens (primary N) is 1. The number of hydrogen-bond acceptors (Lipinski definition) is 4. The predicted molar refractivity (Wildman–Crippen MR) is 55.0 cm³/mol. The summed E-state index contributed by atoms with van der Waals surface area (Å²) in [6, 6.07) is 4.08. The highest BCUT2D eigenvalue weighted by Crippen LogP contribution is 2.28. The molecule has 0 aromatic heterocycles.